The molecule has 1 heterocycles. The van der Waals surface area contributed by atoms with Crippen molar-refractivity contribution in [3.8, 4) is 0 Å². The van der Waals surface area contributed by atoms with Crippen LogP contribution in [-0.2, 0) is 0 Å². The molecule has 1 amide bonds. The first kappa shape index (κ1) is 15.4. The number of nitrogens with two attached hydrogens (primary N) is 1. The molecule has 1 fully saturated rings. The summed E-state index contributed by atoms with van der Waals surface area (Å²) in [5.41, 5.74) is 6.16. The molecule has 0 saturated carbocycles. The Morgan fingerprint density at radius 2 is 1.94 bits per heavy atom. The van der Waals surface area contributed by atoms with Crippen LogP contribution in [-0.4, -0.2) is 29.9 Å². The molecule has 0 aromatic heterocycles. The van der Waals surface area contributed by atoms with Gasteiger partial charge in [-0.15, -0.1) is 12.4 Å². The van der Waals surface area contributed by atoms with Crippen LogP contribution in [0.2, 0.25) is 0 Å². The molecule has 2 N–H and O–H groups in total. The first-order valence-electron chi connectivity index (χ1n) is 5.57. The number of carbonyl (C=O) groups is 1. The summed E-state index contributed by atoms with van der Waals surface area (Å²) in [5, 5.41) is 0. The topological polar surface area (TPSA) is 46.3 Å². The van der Waals surface area contributed by atoms with E-state index >= 15 is 0 Å². The molecule has 1 aromatic rings. The van der Waals surface area contributed by atoms with Gasteiger partial charge in [0.2, 0.25) is 0 Å². The van der Waals surface area contributed by atoms with Gasteiger partial charge < -0.3 is 10.6 Å². The zero-order valence-electron chi connectivity index (χ0n) is 9.73. The van der Waals surface area contributed by atoms with Gasteiger partial charge in [0.25, 0.3) is 5.91 Å². The Bertz CT molecular complexity index is 416. The highest BCUT2D eigenvalue weighted by Crippen LogP contribution is 2.18. The number of nitrogens with zero attached hydrogens (tertiary/aromatic N) is 1. The number of hydrogen-bond acceptors (Lipinski definition) is 2. The minimum Gasteiger partial charge on any atom is -0.339 e. The maximum Gasteiger partial charge on any atom is 0.253 e. The van der Waals surface area contributed by atoms with E-state index in [4.69, 9.17) is 5.73 Å². The molecule has 1 aliphatic rings. The van der Waals surface area contributed by atoms with E-state index in [2.05, 4.69) is 15.9 Å². The molecule has 0 spiro atoms. The Hall–Kier alpha value is -0.650. The number of benzene rings is 1. The average molecular weight is 338 g/mol. The molecule has 100 valence electrons. The summed E-state index contributed by atoms with van der Waals surface area (Å²) in [4.78, 5) is 13.8. The standard InChI is InChI=1S/C12H14BrFN2O.ClH/c13-9-5-8(6-10(14)7-9)12(17)16-3-1-11(15)2-4-16;/h5-7,11H,1-4,15H2;1H. The van der Waals surface area contributed by atoms with Gasteiger partial charge in [0, 0.05) is 29.2 Å². The maximum atomic E-state index is 13.2. The highest BCUT2D eigenvalue weighted by molar-refractivity contribution is 9.10. The molecule has 0 bridgehead atoms. The lowest BCUT2D eigenvalue weighted by atomic mass is 10.0. The number of rotatable bonds is 1. The van der Waals surface area contributed by atoms with Gasteiger partial charge in [0.1, 0.15) is 5.82 Å². The van der Waals surface area contributed by atoms with Crippen molar-refractivity contribution in [2.45, 2.75) is 18.9 Å². The first-order valence-corrected chi connectivity index (χ1v) is 6.36. The van der Waals surface area contributed by atoms with E-state index in [-0.39, 0.29) is 24.4 Å². The summed E-state index contributed by atoms with van der Waals surface area (Å²) in [5.74, 6) is -0.534. The minimum atomic E-state index is -0.406. The third-order valence-electron chi connectivity index (χ3n) is 2.94. The first-order chi connectivity index (χ1) is 8.06. The van der Waals surface area contributed by atoms with Gasteiger partial charge in [-0.25, -0.2) is 4.39 Å². The highest BCUT2D eigenvalue weighted by Gasteiger charge is 2.22. The van der Waals surface area contributed by atoms with Crippen LogP contribution < -0.4 is 5.73 Å². The number of amides is 1. The maximum absolute atomic E-state index is 13.2. The van der Waals surface area contributed by atoms with E-state index in [0.717, 1.165) is 12.8 Å². The lowest BCUT2D eigenvalue weighted by molar-refractivity contribution is 0.0714. The van der Waals surface area contributed by atoms with Gasteiger partial charge in [-0.05, 0) is 31.0 Å². The van der Waals surface area contributed by atoms with Gasteiger partial charge >= 0.3 is 0 Å². The van der Waals surface area contributed by atoms with Crippen molar-refractivity contribution >= 4 is 34.2 Å². The smallest absolute Gasteiger partial charge is 0.253 e. The molecule has 0 atom stereocenters. The Labute approximate surface area is 120 Å². The van der Waals surface area contributed by atoms with Crippen molar-refractivity contribution < 1.29 is 9.18 Å². The summed E-state index contributed by atoms with van der Waals surface area (Å²) in [6.07, 6.45) is 1.62. The van der Waals surface area contributed by atoms with E-state index in [1.54, 1.807) is 11.0 Å². The molecule has 1 aliphatic heterocycles. The van der Waals surface area contributed by atoms with Crippen LogP contribution in [0.15, 0.2) is 22.7 Å². The monoisotopic (exact) mass is 336 g/mol. The second kappa shape index (κ2) is 6.50. The Morgan fingerprint density at radius 3 is 2.50 bits per heavy atom. The van der Waals surface area contributed by atoms with Gasteiger partial charge in [0.05, 0.1) is 0 Å². The second-order valence-corrected chi connectivity index (χ2v) is 5.20. The molecule has 0 unspecified atom stereocenters. The van der Waals surface area contributed by atoms with Crippen molar-refractivity contribution in [1.82, 2.24) is 4.90 Å². The molecule has 1 aromatic carbocycles. The van der Waals surface area contributed by atoms with E-state index in [1.807, 2.05) is 0 Å². The fraction of sp³-hybridized carbons (Fsp3) is 0.417. The van der Waals surface area contributed by atoms with Crippen LogP contribution in [0.3, 0.4) is 0 Å². The van der Waals surface area contributed by atoms with Crippen LogP contribution in [0.4, 0.5) is 4.39 Å². The van der Waals surface area contributed by atoms with E-state index in [0.29, 0.717) is 23.1 Å². The Morgan fingerprint density at radius 1 is 1.33 bits per heavy atom. The van der Waals surface area contributed by atoms with Crippen LogP contribution in [0.5, 0.6) is 0 Å². The van der Waals surface area contributed by atoms with Gasteiger partial charge in [0.15, 0.2) is 0 Å². The third-order valence-corrected chi connectivity index (χ3v) is 3.39. The Balaban J connectivity index is 0.00000162. The number of likely N-dealkylation sites (tertiary alicyclic amines) is 1. The van der Waals surface area contributed by atoms with E-state index in [1.165, 1.54) is 12.1 Å². The zero-order chi connectivity index (χ0) is 12.4. The molecule has 0 aliphatic carbocycles. The molecule has 2 rings (SSSR count). The molecule has 0 radical (unpaired) electrons. The van der Waals surface area contributed by atoms with Crippen molar-refractivity contribution in [3.63, 3.8) is 0 Å². The highest BCUT2D eigenvalue weighted by atomic mass is 79.9. The van der Waals surface area contributed by atoms with Crippen molar-refractivity contribution in [2.24, 2.45) is 5.73 Å². The molecular formula is C12H15BrClFN2O. The van der Waals surface area contributed by atoms with E-state index < -0.39 is 5.82 Å². The zero-order valence-corrected chi connectivity index (χ0v) is 12.1. The van der Waals surface area contributed by atoms with Crippen molar-refractivity contribution in [3.05, 3.63) is 34.1 Å². The number of piperidine rings is 1. The normalized spacial score (nSPS) is 16.3. The number of hydrogen-bond donors (Lipinski definition) is 1. The predicted octanol–water partition coefficient (Wildman–Crippen LogP) is 2.57. The van der Waals surface area contributed by atoms with E-state index in [9.17, 15) is 9.18 Å². The summed E-state index contributed by atoms with van der Waals surface area (Å²) in [7, 11) is 0. The van der Waals surface area contributed by atoms with Crippen molar-refractivity contribution in [1.29, 1.82) is 0 Å². The van der Waals surface area contributed by atoms with Gasteiger partial charge in [-0.2, -0.15) is 0 Å². The van der Waals surface area contributed by atoms with Gasteiger partial charge in [-0.1, -0.05) is 15.9 Å². The molecule has 3 nitrogen and oxygen atoms in total. The number of halogens is 3. The summed E-state index contributed by atoms with van der Waals surface area (Å²) in [6.45, 7) is 1.29. The summed E-state index contributed by atoms with van der Waals surface area (Å²) in [6, 6.07) is 4.42. The summed E-state index contributed by atoms with van der Waals surface area (Å²) < 4.78 is 13.8. The fourth-order valence-electron chi connectivity index (χ4n) is 1.96. The molecule has 1 saturated heterocycles. The number of carbonyl (C=O) groups excluding carboxylic acids is 1. The molecular weight excluding hydrogens is 323 g/mol. The van der Waals surface area contributed by atoms with Crippen LogP contribution in [0.25, 0.3) is 0 Å². The van der Waals surface area contributed by atoms with Crippen LogP contribution in [0.1, 0.15) is 23.2 Å². The SMILES string of the molecule is Cl.NC1CCN(C(=O)c2cc(F)cc(Br)c2)CC1. The lowest BCUT2D eigenvalue weighted by Crippen LogP contribution is -2.42. The fourth-order valence-corrected chi connectivity index (χ4v) is 2.43. The van der Waals surface area contributed by atoms with Gasteiger partial charge in [-0.3, -0.25) is 4.79 Å². The van der Waals surface area contributed by atoms with Crippen LogP contribution in [0, 0.1) is 5.82 Å². The predicted molar refractivity (Wildman–Crippen MR) is 74.5 cm³/mol. The lowest BCUT2D eigenvalue weighted by Gasteiger charge is -2.30. The van der Waals surface area contributed by atoms with Crippen molar-refractivity contribution in [2.75, 3.05) is 13.1 Å². The summed E-state index contributed by atoms with van der Waals surface area (Å²) >= 11 is 3.18. The minimum absolute atomic E-state index is 0. The quantitative estimate of drug-likeness (QED) is 0.856. The largest absolute Gasteiger partial charge is 0.339 e. The average Bonchev–Trinajstić information content (AvgIpc) is 2.28. The van der Waals surface area contributed by atoms with Crippen LogP contribution >= 0.6 is 28.3 Å². The molecule has 18 heavy (non-hydrogen) atoms. The molecule has 6 heteroatoms. The third kappa shape index (κ3) is 3.67. The Kier molecular flexibility index (Phi) is 5.56. The second-order valence-electron chi connectivity index (χ2n) is 4.29.